The van der Waals surface area contributed by atoms with Crippen LogP contribution in [0.1, 0.15) is 61.4 Å². The molecule has 38 heavy (non-hydrogen) atoms. The van der Waals surface area contributed by atoms with Crippen molar-refractivity contribution in [2.75, 3.05) is 19.6 Å². The van der Waals surface area contributed by atoms with E-state index in [0.29, 0.717) is 10.6 Å². The third-order valence-electron chi connectivity index (χ3n) is 7.93. The number of carboxylic acids is 1. The number of likely N-dealkylation sites (tertiary alicyclic amines) is 1. The van der Waals surface area contributed by atoms with E-state index in [-0.39, 0.29) is 23.8 Å². The molecule has 6 heteroatoms. The molecule has 0 aromatic heterocycles. The fraction of sp³-hybridized carbons (Fsp3) is 0.375. The molecule has 1 amide bonds. The molecule has 0 saturated carbocycles. The Morgan fingerprint density at radius 1 is 0.974 bits per heavy atom. The predicted octanol–water partition coefficient (Wildman–Crippen LogP) is 6.80. The smallest absolute Gasteiger partial charge is 0.304 e. The molecule has 200 valence electrons. The molecule has 5 nitrogen and oxygen atoms in total. The zero-order valence-electron chi connectivity index (χ0n) is 22.0. The van der Waals surface area contributed by atoms with E-state index >= 15 is 0 Å². The van der Waals surface area contributed by atoms with Crippen molar-refractivity contribution in [1.82, 2.24) is 10.2 Å². The maximum absolute atomic E-state index is 13.2. The summed E-state index contributed by atoms with van der Waals surface area (Å²) in [5.41, 5.74) is 3.32. The summed E-state index contributed by atoms with van der Waals surface area (Å²) in [5, 5.41) is 13.5. The molecule has 3 aromatic rings. The van der Waals surface area contributed by atoms with Crippen LogP contribution in [0.2, 0.25) is 5.02 Å². The Morgan fingerprint density at radius 2 is 1.63 bits per heavy atom. The second-order valence-corrected chi connectivity index (χ2v) is 10.8. The monoisotopic (exact) mass is 532 g/mol. The maximum Gasteiger partial charge on any atom is 0.304 e. The van der Waals surface area contributed by atoms with Crippen LogP contribution in [0.3, 0.4) is 0 Å². The van der Waals surface area contributed by atoms with E-state index in [1.165, 1.54) is 0 Å². The van der Waals surface area contributed by atoms with E-state index in [1.807, 2.05) is 66.7 Å². The first-order valence-electron chi connectivity index (χ1n) is 13.6. The lowest BCUT2D eigenvalue weighted by Gasteiger charge is -2.35. The number of halogens is 1. The second kappa shape index (κ2) is 13.1. The lowest BCUT2D eigenvalue weighted by atomic mass is 9.72. The normalized spacial score (nSPS) is 16.1. The van der Waals surface area contributed by atoms with Crippen molar-refractivity contribution in [1.29, 1.82) is 0 Å². The molecule has 3 aromatic carbocycles. The lowest BCUT2D eigenvalue weighted by molar-refractivity contribution is -0.138. The van der Waals surface area contributed by atoms with Gasteiger partial charge in [-0.25, -0.2) is 0 Å². The summed E-state index contributed by atoms with van der Waals surface area (Å²) < 4.78 is 0. The van der Waals surface area contributed by atoms with Crippen LogP contribution in [0.5, 0.6) is 0 Å². The highest BCUT2D eigenvalue weighted by atomic mass is 35.5. The Labute approximate surface area is 230 Å². The first kappa shape index (κ1) is 27.9. The molecule has 1 unspecified atom stereocenters. The third-order valence-corrected chi connectivity index (χ3v) is 8.18. The van der Waals surface area contributed by atoms with Crippen molar-refractivity contribution in [3.8, 4) is 11.1 Å². The summed E-state index contributed by atoms with van der Waals surface area (Å²) in [6, 6.07) is 25.5. The average molecular weight is 533 g/mol. The first-order chi connectivity index (χ1) is 18.4. The summed E-state index contributed by atoms with van der Waals surface area (Å²) in [6.45, 7) is 4.88. The Bertz CT molecular complexity index is 1210. The summed E-state index contributed by atoms with van der Waals surface area (Å²) in [4.78, 5) is 27.3. The van der Waals surface area contributed by atoms with Crippen molar-refractivity contribution >= 4 is 23.5 Å². The summed E-state index contributed by atoms with van der Waals surface area (Å²) in [6.07, 6.45) is 4.55. The molecule has 2 N–H and O–H groups in total. The van der Waals surface area contributed by atoms with Gasteiger partial charge in [-0.3, -0.25) is 9.59 Å². The summed E-state index contributed by atoms with van der Waals surface area (Å²) in [7, 11) is 0. The summed E-state index contributed by atoms with van der Waals surface area (Å²) in [5.74, 6) is -0.789. The third kappa shape index (κ3) is 7.03. The molecule has 1 fully saturated rings. The molecule has 1 aliphatic heterocycles. The van der Waals surface area contributed by atoms with Gasteiger partial charge in [0.1, 0.15) is 0 Å². The van der Waals surface area contributed by atoms with E-state index < -0.39 is 5.97 Å². The maximum atomic E-state index is 13.2. The minimum absolute atomic E-state index is 0.0433. The topological polar surface area (TPSA) is 69.6 Å². The van der Waals surface area contributed by atoms with E-state index in [1.54, 1.807) is 0 Å². The van der Waals surface area contributed by atoms with Crippen LogP contribution < -0.4 is 5.32 Å². The number of rotatable bonds is 11. The van der Waals surface area contributed by atoms with Gasteiger partial charge in [-0.05, 0) is 73.5 Å². The Balaban J connectivity index is 1.30. The highest BCUT2D eigenvalue weighted by Crippen LogP contribution is 2.36. The van der Waals surface area contributed by atoms with Crippen molar-refractivity contribution < 1.29 is 14.7 Å². The number of benzene rings is 3. The Hall–Kier alpha value is -3.15. The fourth-order valence-corrected chi connectivity index (χ4v) is 5.82. The quantitative estimate of drug-likeness (QED) is 0.285. The molecular formula is C32H37ClN2O3. The zero-order chi connectivity index (χ0) is 27.0. The average Bonchev–Trinajstić information content (AvgIpc) is 2.94. The van der Waals surface area contributed by atoms with Crippen LogP contribution in [-0.4, -0.2) is 47.6 Å². The van der Waals surface area contributed by atoms with Gasteiger partial charge >= 0.3 is 5.97 Å². The van der Waals surface area contributed by atoms with Crippen LogP contribution in [0.15, 0.2) is 78.9 Å². The second-order valence-electron chi connectivity index (χ2n) is 10.3. The van der Waals surface area contributed by atoms with Gasteiger partial charge in [-0.15, -0.1) is 0 Å². The minimum atomic E-state index is -0.745. The van der Waals surface area contributed by atoms with Gasteiger partial charge in [-0.1, -0.05) is 79.2 Å². The van der Waals surface area contributed by atoms with Gasteiger partial charge in [0.25, 0.3) is 5.91 Å². The van der Waals surface area contributed by atoms with Gasteiger partial charge in [0.15, 0.2) is 0 Å². The van der Waals surface area contributed by atoms with E-state index in [9.17, 15) is 14.7 Å². The number of hydrogen-bond donors (Lipinski definition) is 2. The number of nitrogens with zero attached hydrogens (tertiary/aromatic N) is 1. The van der Waals surface area contributed by atoms with Gasteiger partial charge in [0.2, 0.25) is 0 Å². The van der Waals surface area contributed by atoms with Crippen LogP contribution in [0, 0.1) is 0 Å². The molecule has 1 heterocycles. The lowest BCUT2D eigenvalue weighted by Crippen LogP contribution is -2.45. The molecule has 0 radical (unpaired) electrons. The van der Waals surface area contributed by atoms with E-state index in [0.717, 1.165) is 68.4 Å². The number of aliphatic carboxylic acids is 1. The molecule has 4 rings (SSSR count). The SMILES string of the molecule is CCC(CCCN1CCC(NC(=O)c2ccccc2-c2ccc(Cl)cc2)CC1)(CC(=O)O)c1ccccc1. The first-order valence-corrected chi connectivity index (χ1v) is 13.9. The molecule has 0 spiro atoms. The number of amides is 1. The minimum Gasteiger partial charge on any atom is -0.481 e. The highest BCUT2D eigenvalue weighted by Gasteiger charge is 2.33. The number of carbonyl (C=O) groups excluding carboxylic acids is 1. The highest BCUT2D eigenvalue weighted by molar-refractivity contribution is 6.30. The van der Waals surface area contributed by atoms with Gasteiger partial charge in [-0.2, -0.15) is 0 Å². The molecule has 0 bridgehead atoms. The molecule has 1 atom stereocenters. The number of nitrogens with one attached hydrogen (secondary N) is 1. The zero-order valence-corrected chi connectivity index (χ0v) is 22.8. The number of carboxylic acid groups (broad SMARTS) is 1. The van der Waals surface area contributed by atoms with E-state index in [2.05, 4.69) is 29.3 Å². The van der Waals surface area contributed by atoms with Crippen LogP contribution in [0.4, 0.5) is 0 Å². The standard InChI is InChI=1S/C32H37ClN2O3/c1-2-32(23-30(36)37,25-9-4-3-5-10-25)19-8-20-35-21-17-27(18-22-35)34-31(38)29-12-7-6-11-28(29)24-13-15-26(33)16-14-24/h3-7,9-16,27H,2,8,17-23H2,1H3,(H,34,38)(H,36,37). The molecular weight excluding hydrogens is 496 g/mol. The molecule has 0 aliphatic carbocycles. The predicted molar refractivity (Wildman–Crippen MR) is 154 cm³/mol. The van der Waals surface area contributed by atoms with Crippen LogP contribution >= 0.6 is 11.6 Å². The largest absolute Gasteiger partial charge is 0.481 e. The van der Waals surface area contributed by atoms with Crippen molar-refractivity contribution in [3.05, 3.63) is 95.0 Å². The molecule has 1 saturated heterocycles. The van der Waals surface area contributed by atoms with E-state index in [4.69, 9.17) is 11.6 Å². The fourth-order valence-electron chi connectivity index (χ4n) is 5.69. The number of carbonyl (C=O) groups is 2. The number of hydrogen-bond acceptors (Lipinski definition) is 3. The van der Waals surface area contributed by atoms with Crippen LogP contribution in [0.25, 0.3) is 11.1 Å². The number of piperidine rings is 1. The van der Waals surface area contributed by atoms with Gasteiger partial charge in [0, 0.05) is 35.1 Å². The molecule has 1 aliphatic rings. The van der Waals surface area contributed by atoms with Crippen molar-refractivity contribution in [3.63, 3.8) is 0 Å². The summed E-state index contributed by atoms with van der Waals surface area (Å²) >= 11 is 6.04. The Morgan fingerprint density at radius 3 is 2.29 bits per heavy atom. The van der Waals surface area contributed by atoms with Gasteiger partial charge in [0.05, 0.1) is 6.42 Å². The van der Waals surface area contributed by atoms with Crippen molar-refractivity contribution in [2.45, 2.75) is 56.9 Å². The van der Waals surface area contributed by atoms with Crippen LogP contribution in [-0.2, 0) is 10.2 Å². The van der Waals surface area contributed by atoms with Gasteiger partial charge < -0.3 is 15.3 Å². The Kier molecular flexibility index (Phi) is 9.59. The van der Waals surface area contributed by atoms with Crippen molar-refractivity contribution in [2.24, 2.45) is 0 Å².